The van der Waals surface area contributed by atoms with E-state index in [0.29, 0.717) is 4.47 Å². The summed E-state index contributed by atoms with van der Waals surface area (Å²) in [6.45, 7) is 3.62. The maximum absolute atomic E-state index is 12.1. The molecule has 0 spiro atoms. The standard InChI is InChI=1S/C17H18BrNO4S/c1-10(2)16(14-4-3-7-24-14)19-15(21)9-23-17(22)12-8-11(18)5-6-13(12)20/h3-8,10,16,20H,9H2,1-2H3,(H,19,21)/t16-/m1/s1. The van der Waals surface area contributed by atoms with E-state index in [1.165, 1.54) is 12.1 Å². The third kappa shape index (κ3) is 4.82. The van der Waals surface area contributed by atoms with Crippen molar-refractivity contribution in [3.63, 3.8) is 0 Å². The molecule has 1 atom stereocenters. The Morgan fingerprint density at radius 1 is 1.33 bits per heavy atom. The zero-order valence-electron chi connectivity index (χ0n) is 13.3. The molecule has 2 N–H and O–H groups in total. The molecule has 0 radical (unpaired) electrons. The van der Waals surface area contributed by atoms with Gasteiger partial charge in [-0.05, 0) is 35.6 Å². The van der Waals surface area contributed by atoms with Crippen molar-refractivity contribution in [2.75, 3.05) is 6.61 Å². The van der Waals surface area contributed by atoms with E-state index in [-0.39, 0.29) is 29.2 Å². The molecule has 2 rings (SSSR count). The van der Waals surface area contributed by atoms with Crippen LogP contribution >= 0.6 is 27.3 Å². The summed E-state index contributed by atoms with van der Waals surface area (Å²) in [6, 6.07) is 8.19. The van der Waals surface area contributed by atoms with E-state index < -0.39 is 12.6 Å². The van der Waals surface area contributed by atoms with Crippen molar-refractivity contribution < 1.29 is 19.4 Å². The second-order valence-electron chi connectivity index (χ2n) is 5.54. The highest BCUT2D eigenvalue weighted by atomic mass is 79.9. The highest BCUT2D eigenvalue weighted by Crippen LogP contribution is 2.26. The number of phenols is 1. The first-order valence-electron chi connectivity index (χ1n) is 7.37. The zero-order chi connectivity index (χ0) is 17.7. The lowest BCUT2D eigenvalue weighted by Crippen LogP contribution is -2.34. The molecule has 1 amide bonds. The number of halogens is 1. The van der Waals surface area contributed by atoms with E-state index in [9.17, 15) is 14.7 Å². The SMILES string of the molecule is CC(C)[C@@H](NC(=O)COC(=O)c1cc(Br)ccc1O)c1cccs1. The molecule has 2 aromatic rings. The van der Waals surface area contributed by atoms with Crippen molar-refractivity contribution in [1.29, 1.82) is 0 Å². The first kappa shape index (κ1) is 18.5. The van der Waals surface area contributed by atoms with Crippen molar-refractivity contribution in [2.24, 2.45) is 5.92 Å². The molecule has 0 saturated carbocycles. The Kier molecular flexibility index (Phi) is 6.39. The Balaban J connectivity index is 1.95. The number of amides is 1. The van der Waals surface area contributed by atoms with Crippen LogP contribution in [0.1, 0.15) is 35.1 Å². The Bertz CT molecular complexity index is 715. The van der Waals surface area contributed by atoms with Crippen LogP contribution in [0.2, 0.25) is 0 Å². The summed E-state index contributed by atoms with van der Waals surface area (Å²) in [7, 11) is 0. The van der Waals surface area contributed by atoms with E-state index in [4.69, 9.17) is 4.74 Å². The fourth-order valence-corrected chi connectivity index (χ4v) is 3.44. The van der Waals surface area contributed by atoms with Gasteiger partial charge in [-0.25, -0.2) is 4.79 Å². The first-order valence-corrected chi connectivity index (χ1v) is 9.04. The maximum atomic E-state index is 12.1. The summed E-state index contributed by atoms with van der Waals surface area (Å²) in [5.74, 6) is -1.12. The van der Waals surface area contributed by atoms with Gasteiger partial charge in [0.25, 0.3) is 5.91 Å². The molecular formula is C17H18BrNO4S. The summed E-state index contributed by atoms with van der Waals surface area (Å²) in [4.78, 5) is 25.1. The van der Waals surface area contributed by atoms with Crippen LogP contribution in [0.5, 0.6) is 5.75 Å². The monoisotopic (exact) mass is 411 g/mol. The van der Waals surface area contributed by atoms with Crippen LogP contribution in [0.3, 0.4) is 0 Å². The molecule has 0 unspecified atom stereocenters. The van der Waals surface area contributed by atoms with Crippen molar-refractivity contribution in [2.45, 2.75) is 19.9 Å². The van der Waals surface area contributed by atoms with Gasteiger partial charge in [0.2, 0.25) is 0 Å². The molecule has 0 aliphatic carbocycles. The van der Waals surface area contributed by atoms with E-state index in [1.807, 2.05) is 31.4 Å². The van der Waals surface area contributed by atoms with Gasteiger partial charge in [0.1, 0.15) is 11.3 Å². The van der Waals surface area contributed by atoms with Gasteiger partial charge in [0.05, 0.1) is 6.04 Å². The van der Waals surface area contributed by atoms with Crippen LogP contribution in [-0.2, 0) is 9.53 Å². The number of nitrogens with one attached hydrogen (secondary N) is 1. The summed E-state index contributed by atoms with van der Waals surface area (Å²) in [5.41, 5.74) is 0.0100. The second kappa shape index (κ2) is 8.30. The van der Waals surface area contributed by atoms with Crippen molar-refractivity contribution in [3.8, 4) is 5.75 Å². The summed E-state index contributed by atoms with van der Waals surface area (Å²) in [5, 5.41) is 14.5. The first-order chi connectivity index (χ1) is 11.4. The molecule has 5 nitrogen and oxygen atoms in total. The smallest absolute Gasteiger partial charge is 0.342 e. The summed E-state index contributed by atoms with van der Waals surface area (Å²) in [6.07, 6.45) is 0. The molecule has 0 fully saturated rings. The molecule has 1 aromatic heterocycles. The maximum Gasteiger partial charge on any atom is 0.342 e. The molecule has 1 heterocycles. The van der Waals surface area contributed by atoms with Crippen LogP contribution in [0.15, 0.2) is 40.2 Å². The fourth-order valence-electron chi connectivity index (χ4n) is 2.13. The lowest BCUT2D eigenvalue weighted by atomic mass is 10.0. The van der Waals surface area contributed by atoms with Crippen LogP contribution in [0.25, 0.3) is 0 Å². The van der Waals surface area contributed by atoms with Gasteiger partial charge in [-0.2, -0.15) is 0 Å². The normalized spacial score (nSPS) is 12.0. The van der Waals surface area contributed by atoms with Crippen LogP contribution in [-0.4, -0.2) is 23.6 Å². The predicted octanol–water partition coefficient (Wildman–Crippen LogP) is 3.89. The van der Waals surface area contributed by atoms with Crippen LogP contribution in [0.4, 0.5) is 0 Å². The topological polar surface area (TPSA) is 75.6 Å². The molecule has 7 heteroatoms. The van der Waals surface area contributed by atoms with Gasteiger partial charge in [0.15, 0.2) is 6.61 Å². The van der Waals surface area contributed by atoms with Gasteiger partial charge in [-0.3, -0.25) is 4.79 Å². The number of benzene rings is 1. The molecular weight excluding hydrogens is 394 g/mol. The minimum absolute atomic E-state index is 0.0100. The molecule has 0 aliphatic heterocycles. The van der Waals surface area contributed by atoms with Crippen molar-refractivity contribution in [3.05, 3.63) is 50.6 Å². The highest BCUT2D eigenvalue weighted by molar-refractivity contribution is 9.10. The molecule has 0 aliphatic rings. The Hall–Kier alpha value is -1.86. The minimum atomic E-state index is -0.749. The van der Waals surface area contributed by atoms with Crippen molar-refractivity contribution >= 4 is 39.1 Å². The average Bonchev–Trinajstić information content (AvgIpc) is 3.06. The van der Waals surface area contributed by atoms with Crippen LogP contribution < -0.4 is 5.32 Å². The van der Waals surface area contributed by atoms with Gasteiger partial charge in [0, 0.05) is 9.35 Å². The second-order valence-corrected chi connectivity index (χ2v) is 7.44. The molecule has 0 saturated heterocycles. The van der Waals surface area contributed by atoms with E-state index in [0.717, 1.165) is 4.88 Å². The number of carbonyl (C=O) groups is 2. The van der Waals surface area contributed by atoms with Crippen molar-refractivity contribution in [1.82, 2.24) is 5.32 Å². The van der Waals surface area contributed by atoms with Gasteiger partial charge >= 0.3 is 5.97 Å². The number of carbonyl (C=O) groups excluding carboxylic acids is 2. The number of rotatable bonds is 6. The largest absolute Gasteiger partial charge is 0.507 e. The third-order valence-corrected chi connectivity index (χ3v) is 4.79. The number of hydrogen-bond acceptors (Lipinski definition) is 5. The number of thiophene rings is 1. The molecule has 1 aromatic carbocycles. The quantitative estimate of drug-likeness (QED) is 0.706. The number of aromatic hydroxyl groups is 1. The van der Waals surface area contributed by atoms with E-state index >= 15 is 0 Å². The average molecular weight is 412 g/mol. The molecule has 0 bridgehead atoms. The Morgan fingerprint density at radius 2 is 2.08 bits per heavy atom. The Labute approximate surface area is 152 Å². The number of phenolic OH excluding ortho intramolecular Hbond substituents is 1. The number of esters is 1. The van der Waals surface area contributed by atoms with E-state index in [2.05, 4.69) is 21.2 Å². The summed E-state index contributed by atoms with van der Waals surface area (Å²) >= 11 is 4.78. The van der Waals surface area contributed by atoms with Gasteiger partial charge in [-0.1, -0.05) is 35.8 Å². The Morgan fingerprint density at radius 3 is 2.71 bits per heavy atom. The third-order valence-electron chi connectivity index (χ3n) is 3.35. The minimum Gasteiger partial charge on any atom is -0.507 e. The lowest BCUT2D eigenvalue weighted by molar-refractivity contribution is -0.125. The fraction of sp³-hybridized carbons (Fsp3) is 0.294. The number of ether oxygens (including phenoxy) is 1. The van der Waals surface area contributed by atoms with E-state index in [1.54, 1.807) is 17.4 Å². The van der Waals surface area contributed by atoms with Gasteiger partial charge < -0.3 is 15.2 Å². The number of hydrogen-bond donors (Lipinski definition) is 2. The zero-order valence-corrected chi connectivity index (χ0v) is 15.7. The molecule has 24 heavy (non-hydrogen) atoms. The lowest BCUT2D eigenvalue weighted by Gasteiger charge is -2.21. The highest BCUT2D eigenvalue weighted by Gasteiger charge is 2.21. The molecule has 128 valence electrons. The summed E-state index contributed by atoms with van der Waals surface area (Å²) < 4.78 is 5.63. The van der Waals surface area contributed by atoms with Gasteiger partial charge in [-0.15, -0.1) is 11.3 Å². The van der Waals surface area contributed by atoms with Crippen LogP contribution in [0, 0.1) is 5.92 Å². The predicted molar refractivity (Wildman–Crippen MR) is 96.1 cm³/mol.